The van der Waals surface area contributed by atoms with Gasteiger partial charge < -0.3 is 33.2 Å². The Kier molecular flexibility index (Phi) is 12.7. The van der Waals surface area contributed by atoms with Crippen molar-refractivity contribution in [2.45, 2.75) is 57.1 Å². The van der Waals surface area contributed by atoms with E-state index < -0.39 is 30.7 Å². The fourth-order valence-corrected chi connectivity index (χ4v) is 5.19. The van der Waals surface area contributed by atoms with E-state index in [0.29, 0.717) is 26.4 Å². The lowest BCUT2D eigenvalue weighted by molar-refractivity contribution is -0.326. The molecule has 0 unspecified atom stereocenters. The summed E-state index contributed by atoms with van der Waals surface area (Å²) in [5.74, 6) is 0.785. The monoisotopic (exact) mass is 610 g/mol. The first-order chi connectivity index (χ1) is 22.2. The van der Waals surface area contributed by atoms with Gasteiger partial charge in [-0.05, 0) is 34.4 Å². The van der Waals surface area contributed by atoms with Crippen molar-refractivity contribution in [3.05, 3.63) is 150 Å². The Morgan fingerprint density at radius 3 is 1.60 bits per heavy atom. The van der Waals surface area contributed by atoms with Crippen LogP contribution >= 0.6 is 0 Å². The molecule has 0 radical (unpaired) electrons. The highest BCUT2D eigenvalue weighted by Crippen LogP contribution is 2.32. The minimum atomic E-state index is -0.737. The highest BCUT2D eigenvalue weighted by Gasteiger charge is 2.49. The quantitative estimate of drug-likeness (QED) is 0.121. The third kappa shape index (κ3) is 9.83. The van der Waals surface area contributed by atoms with Gasteiger partial charge in [-0.3, -0.25) is 0 Å². The summed E-state index contributed by atoms with van der Waals surface area (Å²) >= 11 is 0. The summed E-state index contributed by atoms with van der Waals surface area (Å²) in [6.45, 7) is 5.89. The zero-order valence-corrected chi connectivity index (χ0v) is 25.7. The van der Waals surface area contributed by atoms with E-state index in [-0.39, 0.29) is 13.2 Å². The summed E-state index contributed by atoms with van der Waals surface area (Å²) < 4.78 is 44.3. The summed E-state index contributed by atoms with van der Waals surface area (Å²) in [5, 5.41) is 0. The molecule has 236 valence electrons. The molecule has 0 bridgehead atoms. The maximum Gasteiger partial charge on any atom is 0.187 e. The van der Waals surface area contributed by atoms with Crippen molar-refractivity contribution in [1.29, 1.82) is 0 Å². The van der Waals surface area contributed by atoms with Gasteiger partial charge in [0.25, 0.3) is 0 Å². The molecular formula is C38H42O7. The molecule has 1 aliphatic rings. The molecule has 5 rings (SSSR count). The van der Waals surface area contributed by atoms with Crippen LogP contribution in [-0.4, -0.2) is 51.0 Å². The van der Waals surface area contributed by atoms with Gasteiger partial charge >= 0.3 is 0 Å². The van der Waals surface area contributed by atoms with E-state index in [0.717, 1.165) is 28.0 Å². The molecule has 4 aromatic carbocycles. The van der Waals surface area contributed by atoms with Crippen LogP contribution in [0.5, 0.6) is 5.75 Å². The minimum Gasteiger partial charge on any atom is -0.497 e. The Hall–Kier alpha value is -3.82. The Bertz CT molecular complexity index is 1380. The number of rotatable bonds is 17. The lowest BCUT2D eigenvalue weighted by Gasteiger charge is -2.45. The van der Waals surface area contributed by atoms with Crippen molar-refractivity contribution in [2.24, 2.45) is 0 Å². The fraction of sp³-hybridized carbons (Fsp3) is 0.316. The molecule has 0 aromatic heterocycles. The van der Waals surface area contributed by atoms with Gasteiger partial charge in [-0.25, -0.2) is 0 Å². The maximum atomic E-state index is 6.70. The van der Waals surface area contributed by atoms with Gasteiger partial charge in [-0.15, -0.1) is 6.58 Å². The second kappa shape index (κ2) is 17.6. The first-order valence-corrected chi connectivity index (χ1v) is 15.3. The van der Waals surface area contributed by atoms with Crippen molar-refractivity contribution in [3.8, 4) is 5.75 Å². The molecule has 1 fully saturated rings. The van der Waals surface area contributed by atoms with Crippen LogP contribution in [0.2, 0.25) is 0 Å². The predicted octanol–water partition coefficient (Wildman–Crippen LogP) is 6.90. The molecule has 7 heteroatoms. The molecule has 1 saturated heterocycles. The first kappa shape index (κ1) is 32.6. The number of ether oxygens (including phenoxy) is 7. The van der Waals surface area contributed by atoms with Gasteiger partial charge in [0.2, 0.25) is 0 Å². The zero-order chi connectivity index (χ0) is 31.1. The third-order valence-corrected chi connectivity index (χ3v) is 7.54. The molecule has 7 nitrogen and oxygen atoms in total. The van der Waals surface area contributed by atoms with Crippen molar-refractivity contribution < 1.29 is 33.2 Å². The van der Waals surface area contributed by atoms with Crippen molar-refractivity contribution in [2.75, 3.05) is 20.3 Å². The average Bonchev–Trinajstić information content (AvgIpc) is 3.10. The minimum absolute atomic E-state index is 0.271. The second-order valence-electron chi connectivity index (χ2n) is 10.8. The molecule has 0 spiro atoms. The summed E-state index contributed by atoms with van der Waals surface area (Å²) in [6, 6.07) is 38.0. The molecular weight excluding hydrogens is 568 g/mol. The van der Waals surface area contributed by atoms with Gasteiger partial charge in [0, 0.05) is 0 Å². The van der Waals surface area contributed by atoms with Crippen LogP contribution in [0.25, 0.3) is 0 Å². The summed E-state index contributed by atoms with van der Waals surface area (Å²) in [6.07, 6.45) is -1.21. The van der Waals surface area contributed by atoms with Crippen LogP contribution in [0, 0.1) is 0 Å². The Balaban J connectivity index is 1.42. The predicted molar refractivity (Wildman–Crippen MR) is 173 cm³/mol. The number of methoxy groups -OCH3 is 1. The summed E-state index contributed by atoms with van der Waals surface area (Å²) in [5.41, 5.74) is 4.14. The van der Waals surface area contributed by atoms with E-state index in [9.17, 15) is 0 Å². The van der Waals surface area contributed by atoms with E-state index in [1.165, 1.54) is 0 Å². The lowest BCUT2D eigenvalue weighted by Crippen LogP contribution is -2.61. The fourth-order valence-electron chi connectivity index (χ4n) is 5.19. The third-order valence-electron chi connectivity index (χ3n) is 7.54. The van der Waals surface area contributed by atoms with Crippen molar-refractivity contribution in [3.63, 3.8) is 0 Å². The highest BCUT2D eigenvalue weighted by atomic mass is 16.7. The maximum absolute atomic E-state index is 6.70. The summed E-state index contributed by atoms with van der Waals surface area (Å²) in [7, 11) is 1.65. The molecule has 0 aliphatic carbocycles. The van der Waals surface area contributed by atoms with Gasteiger partial charge in [0.15, 0.2) is 6.29 Å². The first-order valence-electron chi connectivity index (χ1n) is 15.3. The normalized spacial score (nSPS) is 21.3. The van der Waals surface area contributed by atoms with Gasteiger partial charge in [-0.2, -0.15) is 0 Å². The second-order valence-corrected chi connectivity index (χ2v) is 10.8. The molecule has 5 atom stereocenters. The van der Waals surface area contributed by atoms with E-state index in [1.807, 2.05) is 115 Å². The Labute approximate surface area is 266 Å². The molecule has 0 saturated carbocycles. The highest BCUT2D eigenvalue weighted by molar-refractivity contribution is 5.26. The van der Waals surface area contributed by atoms with Crippen LogP contribution in [0.4, 0.5) is 0 Å². The number of hydrogen-bond acceptors (Lipinski definition) is 7. The largest absolute Gasteiger partial charge is 0.497 e. The SMILES string of the molecule is C=CCO[C@@H]1O[C@H](COCc2ccccc2)[C@@H](OCc2ccc(OC)cc2)[C@H](OCc2ccccc2)[C@H]1OCc1ccccc1. The van der Waals surface area contributed by atoms with Crippen LogP contribution in [0.15, 0.2) is 128 Å². The van der Waals surface area contributed by atoms with Gasteiger partial charge in [0.05, 0.1) is 46.8 Å². The Morgan fingerprint density at radius 1 is 0.578 bits per heavy atom. The standard InChI is InChI=1S/C38H42O7/c1-3-23-41-38-37(44-26-31-17-11-6-12-18-31)36(43-25-30-15-9-5-10-16-30)35(42-27-32-19-21-33(39-2)22-20-32)34(45-38)28-40-24-29-13-7-4-8-14-29/h3-22,34-38H,1,23-28H2,2H3/t34-,35-,36+,37-,38-/m1/s1. The van der Waals surface area contributed by atoms with E-state index in [4.69, 9.17) is 33.2 Å². The Morgan fingerprint density at radius 2 is 1.07 bits per heavy atom. The van der Waals surface area contributed by atoms with Crippen LogP contribution < -0.4 is 4.74 Å². The van der Waals surface area contributed by atoms with Crippen molar-refractivity contribution >= 4 is 0 Å². The molecule has 4 aromatic rings. The number of hydrogen-bond donors (Lipinski definition) is 0. The van der Waals surface area contributed by atoms with E-state index >= 15 is 0 Å². The van der Waals surface area contributed by atoms with E-state index in [2.05, 4.69) is 6.58 Å². The topological polar surface area (TPSA) is 64.6 Å². The van der Waals surface area contributed by atoms with Crippen LogP contribution in [0.1, 0.15) is 22.3 Å². The smallest absolute Gasteiger partial charge is 0.187 e. The van der Waals surface area contributed by atoms with Gasteiger partial charge in [0.1, 0.15) is 30.2 Å². The molecule has 1 aliphatic heterocycles. The molecule has 0 amide bonds. The molecule has 45 heavy (non-hydrogen) atoms. The number of benzene rings is 4. The van der Waals surface area contributed by atoms with Crippen LogP contribution in [-0.2, 0) is 54.8 Å². The summed E-state index contributed by atoms with van der Waals surface area (Å²) in [4.78, 5) is 0. The van der Waals surface area contributed by atoms with Crippen molar-refractivity contribution in [1.82, 2.24) is 0 Å². The average molecular weight is 611 g/mol. The molecule has 0 N–H and O–H groups in total. The lowest BCUT2D eigenvalue weighted by atomic mass is 9.97. The van der Waals surface area contributed by atoms with E-state index in [1.54, 1.807) is 13.2 Å². The van der Waals surface area contributed by atoms with Gasteiger partial charge in [-0.1, -0.05) is 109 Å². The molecule has 1 heterocycles. The van der Waals surface area contributed by atoms with Crippen LogP contribution in [0.3, 0.4) is 0 Å². The zero-order valence-electron chi connectivity index (χ0n) is 25.7.